The molecule has 10 nitrogen and oxygen atoms in total. The van der Waals surface area contributed by atoms with Gasteiger partial charge in [0.2, 0.25) is 23.6 Å². The molecule has 0 saturated heterocycles. The Morgan fingerprint density at radius 1 is 0.743 bits per heavy atom. The molecule has 0 unspecified atom stereocenters. The summed E-state index contributed by atoms with van der Waals surface area (Å²) in [7, 11) is 0. The van der Waals surface area contributed by atoms with Gasteiger partial charge >= 0.3 is 5.97 Å². The van der Waals surface area contributed by atoms with Crippen LogP contribution in [-0.2, 0) is 24.0 Å². The number of amides is 4. The highest BCUT2D eigenvalue weighted by Crippen LogP contribution is 2.12. The largest absolute Gasteiger partial charge is 0.480 e. The van der Waals surface area contributed by atoms with Crippen LogP contribution in [0.3, 0.4) is 0 Å². The van der Waals surface area contributed by atoms with E-state index < -0.39 is 42.2 Å². The number of nitrogens with two attached hydrogens (primary N) is 1. The first kappa shape index (κ1) is 32.4. The molecule has 0 fully saturated rings. The molecule has 6 N–H and O–H groups in total. The first-order valence-corrected chi connectivity index (χ1v) is 13.0. The molecule has 0 aliphatic carbocycles. The van der Waals surface area contributed by atoms with E-state index in [9.17, 15) is 24.0 Å². The number of unbranched alkanes of at least 4 members (excludes halogenated alkanes) is 12. The van der Waals surface area contributed by atoms with Crippen LogP contribution in [0.2, 0.25) is 0 Å². The zero-order valence-electron chi connectivity index (χ0n) is 21.5. The van der Waals surface area contributed by atoms with Crippen LogP contribution in [0, 0.1) is 0 Å². The lowest BCUT2D eigenvalue weighted by atomic mass is 10.0. The summed E-state index contributed by atoms with van der Waals surface area (Å²) in [5.41, 5.74) is 4.96. The van der Waals surface area contributed by atoms with Crippen molar-refractivity contribution in [1.29, 1.82) is 0 Å². The van der Waals surface area contributed by atoms with E-state index in [1.807, 2.05) is 0 Å². The highest BCUT2D eigenvalue weighted by Gasteiger charge is 2.25. The van der Waals surface area contributed by atoms with Crippen LogP contribution in [0.5, 0.6) is 0 Å². The standard InChI is InChI=1S/C25H46N4O6/c1-3-4-5-6-7-8-9-10-11-12-13-14-15-16-22(31)27-18-23(32)28-19(2)24(33)29-20(25(34)35)17-21(26)30/h19-20H,3-18H2,1-2H3,(H2,26,30)(H,27,31)(H,28,32)(H,29,33)(H,34,35)/t19-,20-/m0/s1. The summed E-state index contributed by atoms with van der Waals surface area (Å²) in [6, 6.07) is -2.52. The molecule has 2 atom stereocenters. The highest BCUT2D eigenvalue weighted by atomic mass is 16.4. The molecular weight excluding hydrogens is 452 g/mol. The number of hydrogen-bond acceptors (Lipinski definition) is 5. The Balaban J connectivity index is 3.80. The van der Waals surface area contributed by atoms with E-state index >= 15 is 0 Å². The van der Waals surface area contributed by atoms with Gasteiger partial charge in [0.05, 0.1) is 13.0 Å². The van der Waals surface area contributed by atoms with Gasteiger partial charge < -0.3 is 26.8 Å². The van der Waals surface area contributed by atoms with Gasteiger partial charge in [0.1, 0.15) is 12.1 Å². The number of primary amides is 1. The number of aliphatic carboxylic acids is 1. The maximum atomic E-state index is 12.0. The van der Waals surface area contributed by atoms with Crippen LogP contribution in [0.25, 0.3) is 0 Å². The summed E-state index contributed by atoms with van der Waals surface area (Å²) in [5, 5.41) is 16.1. The molecule has 35 heavy (non-hydrogen) atoms. The Morgan fingerprint density at radius 3 is 1.69 bits per heavy atom. The molecule has 202 valence electrons. The van der Waals surface area contributed by atoms with Gasteiger partial charge in [-0.2, -0.15) is 0 Å². The Bertz CT molecular complexity index is 656. The Labute approximate surface area is 209 Å². The average Bonchev–Trinajstić information content (AvgIpc) is 2.79. The predicted octanol–water partition coefficient (Wildman–Crippen LogP) is 2.53. The van der Waals surface area contributed by atoms with Crippen molar-refractivity contribution in [1.82, 2.24) is 16.0 Å². The quantitative estimate of drug-likeness (QED) is 0.144. The lowest BCUT2D eigenvalue weighted by molar-refractivity contribution is -0.143. The molecule has 4 amide bonds. The molecule has 0 bridgehead atoms. The van der Waals surface area contributed by atoms with Crippen molar-refractivity contribution in [2.75, 3.05) is 6.54 Å². The van der Waals surface area contributed by atoms with E-state index in [0.717, 1.165) is 19.3 Å². The second kappa shape index (κ2) is 20.7. The van der Waals surface area contributed by atoms with Crippen molar-refractivity contribution in [2.24, 2.45) is 5.73 Å². The van der Waals surface area contributed by atoms with E-state index in [4.69, 9.17) is 10.8 Å². The minimum Gasteiger partial charge on any atom is -0.480 e. The van der Waals surface area contributed by atoms with Crippen molar-refractivity contribution < 1.29 is 29.1 Å². The molecule has 0 aromatic carbocycles. The average molecular weight is 499 g/mol. The van der Waals surface area contributed by atoms with Crippen molar-refractivity contribution in [3.63, 3.8) is 0 Å². The van der Waals surface area contributed by atoms with Gasteiger partial charge in [-0.15, -0.1) is 0 Å². The molecule has 0 aromatic heterocycles. The summed E-state index contributed by atoms with van der Waals surface area (Å²) in [5.74, 6) is -3.86. The second-order valence-corrected chi connectivity index (χ2v) is 9.13. The molecule has 0 saturated carbocycles. The molecule has 0 rings (SSSR count). The van der Waals surface area contributed by atoms with Crippen LogP contribution < -0.4 is 21.7 Å². The fraction of sp³-hybridized carbons (Fsp3) is 0.800. The second-order valence-electron chi connectivity index (χ2n) is 9.13. The molecule has 0 radical (unpaired) electrons. The van der Waals surface area contributed by atoms with Crippen molar-refractivity contribution in [3.8, 4) is 0 Å². The maximum absolute atomic E-state index is 12.0. The highest BCUT2D eigenvalue weighted by molar-refractivity contribution is 5.93. The molecule has 0 aliphatic heterocycles. The zero-order valence-corrected chi connectivity index (χ0v) is 21.5. The van der Waals surface area contributed by atoms with Crippen molar-refractivity contribution in [3.05, 3.63) is 0 Å². The van der Waals surface area contributed by atoms with Gasteiger partial charge in [0.15, 0.2) is 0 Å². The normalized spacial score (nSPS) is 12.4. The number of hydrogen-bond donors (Lipinski definition) is 5. The SMILES string of the molecule is CCCCCCCCCCCCCCCC(=O)NCC(=O)N[C@@H](C)C(=O)N[C@@H](CC(N)=O)C(=O)O. The fourth-order valence-electron chi connectivity index (χ4n) is 3.63. The van der Waals surface area contributed by atoms with Crippen LogP contribution in [-0.4, -0.2) is 53.3 Å². The van der Waals surface area contributed by atoms with Gasteiger partial charge in [-0.05, 0) is 13.3 Å². The molecule has 0 aliphatic rings. The summed E-state index contributed by atoms with van der Waals surface area (Å²) in [4.78, 5) is 57.9. The van der Waals surface area contributed by atoms with E-state index in [1.54, 1.807) is 0 Å². The molecular formula is C25H46N4O6. The Kier molecular flexibility index (Phi) is 19.1. The number of rotatable bonds is 22. The molecule has 0 aromatic rings. The molecule has 10 heteroatoms. The first-order chi connectivity index (χ1) is 16.7. The summed E-state index contributed by atoms with van der Waals surface area (Å²) >= 11 is 0. The van der Waals surface area contributed by atoms with E-state index in [0.29, 0.717) is 6.42 Å². The minimum absolute atomic E-state index is 0.229. The van der Waals surface area contributed by atoms with E-state index in [2.05, 4.69) is 22.9 Å². The Hall–Kier alpha value is -2.65. The first-order valence-electron chi connectivity index (χ1n) is 13.0. The zero-order chi connectivity index (χ0) is 26.5. The third kappa shape index (κ3) is 19.4. The smallest absolute Gasteiger partial charge is 0.326 e. The van der Waals surface area contributed by atoms with Crippen LogP contribution in [0.15, 0.2) is 0 Å². The summed E-state index contributed by atoms with van der Waals surface area (Å²) in [6.07, 6.45) is 15.7. The molecule has 0 heterocycles. The number of carbonyl (C=O) groups excluding carboxylic acids is 4. The minimum atomic E-state index is -1.47. The molecule has 0 spiro atoms. The van der Waals surface area contributed by atoms with E-state index in [1.165, 1.54) is 71.1 Å². The number of carboxylic acid groups (broad SMARTS) is 1. The monoisotopic (exact) mass is 498 g/mol. The van der Waals surface area contributed by atoms with Gasteiger partial charge in [-0.25, -0.2) is 4.79 Å². The van der Waals surface area contributed by atoms with Gasteiger partial charge in [-0.3, -0.25) is 19.2 Å². The fourth-order valence-corrected chi connectivity index (χ4v) is 3.63. The number of carboxylic acids is 1. The maximum Gasteiger partial charge on any atom is 0.326 e. The van der Waals surface area contributed by atoms with Crippen molar-refractivity contribution in [2.45, 2.75) is 122 Å². The van der Waals surface area contributed by atoms with Gasteiger partial charge in [0, 0.05) is 6.42 Å². The van der Waals surface area contributed by atoms with Gasteiger partial charge in [-0.1, -0.05) is 84.0 Å². The Morgan fingerprint density at radius 2 is 1.23 bits per heavy atom. The third-order valence-corrected chi connectivity index (χ3v) is 5.74. The van der Waals surface area contributed by atoms with E-state index in [-0.39, 0.29) is 12.5 Å². The van der Waals surface area contributed by atoms with Crippen LogP contribution >= 0.6 is 0 Å². The number of nitrogens with one attached hydrogen (secondary N) is 3. The van der Waals surface area contributed by atoms with Gasteiger partial charge in [0.25, 0.3) is 0 Å². The predicted molar refractivity (Wildman–Crippen MR) is 134 cm³/mol. The van der Waals surface area contributed by atoms with Crippen LogP contribution in [0.4, 0.5) is 0 Å². The lowest BCUT2D eigenvalue weighted by Gasteiger charge is -2.18. The third-order valence-electron chi connectivity index (χ3n) is 5.74. The number of carbonyl (C=O) groups is 5. The van der Waals surface area contributed by atoms with Crippen LogP contribution in [0.1, 0.15) is 110 Å². The van der Waals surface area contributed by atoms with Crippen molar-refractivity contribution >= 4 is 29.6 Å². The topological polar surface area (TPSA) is 168 Å². The summed E-state index contributed by atoms with van der Waals surface area (Å²) in [6.45, 7) is 3.32. The lowest BCUT2D eigenvalue weighted by Crippen LogP contribution is -2.52. The summed E-state index contributed by atoms with van der Waals surface area (Å²) < 4.78 is 0.